The lowest BCUT2D eigenvalue weighted by atomic mass is 10.1. The van der Waals surface area contributed by atoms with Crippen molar-refractivity contribution < 1.29 is 9.90 Å². The summed E-state index contributed by atoms with van der Waals surface area (Å²) >= 11 is 0. The molecule has 1 aliphatic heterocycles. The van der Waals surface area contributed by atoms with Gasteiger partial charge in [-0.05, 0) is 32.0 Å². The molecule has 0 aromatic heterocycles. The number of anilines is 2. The van der Waals surface area contributed by atoms with E-state index in [2.05, 4.69) is 9.80 Å². The zero-order chi connectivity index (χ0) is 15.6. The van der Waals surface area contributed by atoms with E-state index < -0.39 is 11.5 Å². The SMILES string of the molecule is CC(C)(O)CN1CCN(c2cc(C(N)=O)ccc2N)CC1. The van der Waals surface area contributed by atoms with E-state index in [9.17, 15) is 9.90 Å². The van der Waals surface area contributed by atoms with Gasteiger partial charge < -0.3 is 21.5 Å². The molecule has 1 heterocycles. The highest BCUT2D eigenvalue weighted by molar-refractivity contribution is 5.95. The smallest absolute Gasteiger partial charge is 0.248 e. The normalized spacial score (nSPS) is 17.0. The average Bonchev–Trinajstić information content (AvgIpc) is 2.38. The molecule has 1 fully saturated rings. The minimum atomic E-state index is -0.687. The number of aliphatic hydroxyl groups is 1. The molecule has 2 rings (SSSR count). The highest BCUT2D eigenvalue weighted by atomic mass is 16.3. The number of nitrogens with zero attached hydrogens (tertiary/aromatic N) is 2. The molecular formula is C15H24N4O2. The number of β-amino-alcohol motifs (C(OH)–C–C–N with tert-alkyl or cyclic N) is 1. The number of nitrogens with two attached hydrogens (primary N) is 2. The summed E-state index contributed by atoms with van der Waals surface area (Å²) in [6, 6.07) is 5.12. The molecule has 0 aliphatic carbocycles. The fourth-order valence-corrected chi connectivity index (χ4v) is 2.66. The third kappa shape index (κ3) is 4.09. The maximum Gasteiger partial charge on any atom is 0.248 e. The van der Waals surface area contributed by atoms with Crippen LogP contribution in [0.2, 0.25) is 0 Å². The Balaban J connectivity index is 2.05. The van der Waals surface area contributed by atoms with Gasteiger partial charge in [0, 0.05) is 38.3 Å². The maximum absolute atomic E-state index is 11.3. The predicted molar refractivity (Wildman–Crippen MR) is 84.3 cm³/mol. The number of primary amides is 1. The van der Waals surface area contributed by atoms with Gasteiger partial charge in [-0.25, -0.2) is 0 Å². The van der Waals surface area contributed by atoms with Crippen molar-refractivity contribution in [2.24, 2.45) is 5.73 Å². The second-order valence-electron chi connectivity index (χ2n) is 6.21. The van der Waals surface area contributed by atoms with Gasteiger partial charge in [-0.2, -0.15) is 0 Å². The number of nitrogen functional groups attached to an aromatic ring is 1. The molecule has 5 N–H and O–H groups in total. The van der Waals surface area contributed by atoms with Crippen LogP contribution in [0.1, 0.15) is 24.2 Å². The van der Waals surface area contributed by atoms with Gasteiger partial charge in [-0.15, -0.1) is 0 Å². The van der Waals surface area contributed by atoms with Crippen LogP contribution < -0.4 is 16.4 Å². The monoisotopic (exact) mass is 292 g/mol. The Hall–Kier alpha value is -1.79. The summed E-state index contributed by atoms with van der Waals surface area (Å²) in [6.07, 6.45) is 0. The molecule has 6 nitrogen and oxygen atoms in total. The summed E-state index contributed by atoms with van der Waals surface area (Å²) in [5.41, 5.74) is 12.6. The van der Waals surface area contributed by atoms with Crippen LogP contribution in [-0.4, -0.2) is 54.2 Å². The summed E-state index contributed by atoms with van der Waals surface area (Å²) in [7, 11) is 0. The second kappa shape index (κ2) is 5.91. The minimum Gasteiger partial charge on any atom is -0.397 e. The van der Waals surface area contributed by atoms with Crippen LogP contribution >= 0.6 is 0 Å². The molecule has 0 spiro atoms. The van der Waals surface area contributed by atoms with Crippen LogP contribution in [0.5, 0.6) is 0 Å². The first kappa shape index (κ1) is 15.6. The van der Waals surface area contributed by atoms with Crippen molar-refractivity contribution in [2.75, 3.05) is 43.4 Å². The predicted octanol–water partition coefficient (Wildman–Crippen LogP) is 0.261. The topological polar surface area (TPSA) is 95.8 Å². The van der Waals surface area contributed by atoms with Gasteiger partial charge in [0.05, 0.1) is 17.0 Å². The lowest BCUT2D eigenvalue weighted by molar-refractivity contribution is 0.0345. The van der Waals surface area contributed by atoms with E-state index in [0.29, 0.717) is 17.8 Å². The highest BCUT2D eigenvalue weighted by Gasteiger charge is 2.23. The van der Waals surface area contributed by atoms with E-state index >= 15 is 0 Å². The van der Waals surface area contributed by atoms with Crippen molar-refractivity contribution in [2.45, 2.75) is 19.4 Å². The van der Waals surface area contributed by atoms with E-state index in [1.807, 2.05) is 13.8 Å². The molecule has 0 radical (unpaired) electrons. The van der Waals surface area contributed by atoms with Gasteiger partial charge in [-0.1, -0.05) is 0 Å². The Kier molecular flexibility index (Phi) is 4.39. The summed E-state index contributed by atoms with van der Waals surface area (Å²) in [6.45, 7) is 7.60. The molecule has 116 valence electrons. The molecule has 0 bridgehead atoms. The molecule has 6 heteroatoms. The van der Waals surface area contributed by atoms with E-state index in [4.69, 9.17) is 11.5 Å². The molecule has 1 aromatic carbocycles. The van der Waals surface area contributed by atoms with Gasteiger partial charge in [0.25, 0.3) is 0 Å². The van der Waals surface area contributed by atoms with Crippen molar-refractivity contribution in [3.63, 3.8) is 0 Å². The Morgan fingerprint density at radius 2 is 1.90 bits per heavy atom. The zero-order valence-corrected chi connectivity index (χ0v) is 12.7. The Bertz CT molecular complexity index is 517. The van der Waals surface area contributed by atoms with Gasteiger partial charge in [0.2, 0.25) is 5.91 Å². The average molecular weight is 292 g/mol. The molecule has 1 amide bonds. The number of rotatable bonds is 4. The molecule has 1 aliphatic rings. The minimum absolute atomic E-state index is 0.447. The van der Waals surface area contributed by atoms with Crippen LogP contribution in [0.15, 0.2) is 18.2 Å². The van der Waals surface area contributed by atoms with Crippen LogP contribution in [0, 0.1) is 0 Å². The van der Waals surface area contributed by atoms with E-state index in [0.717, 1.165) is 31.9 Å². The lowest BCUT2D eigenvalue weighted by Crippen LogP contribution is -2.50. The zero-order valence-electron chi connectivity index (χ0n) is 12.7. The number of amides is 1. The maximum atomic E-state index is 11.3. The summed E-state index contributed by atoms with van der Waals surface area (Å²) < 4.78 is 0. The fraction of sp³-hybridized carbons (Fsp3) is 0.533. The quantitative estimate of drug-likeness (QED) is 0.692. The van der Waals surface area contributed by atoms with Crippen molar-refractivity contribution in [1.82, 2.24) is 4.90 Å². The molecule has 1 aromatic rings. The second-order valence-corrected chi connectivity index (χ2v) is 6.21. The third-order valence-corrected chi connectivity index (χ3v) is 3.64. The number of piperazine rings is 1. The Morgan fingerprint density at radius 1 is 1.29 bits per heavy atom. The van der Waals surface area contributed by atoms with Crippen LogP contribution in [0.4, 0.5) is 11.4 Å². The fourth-order valence-electron chi connectivity index (χ4n) is 2.66. The summed E-state index contributed by atoms with van der Waals surface area (Å²) in [4.78, 5) is 15.7. The van der Waals surface area contributed by atoms with Crippen molar-refractivity contribution in [3.8, 4) is 0 Å². The molecule has 0 saturated carbocycles. The summed E-state index contributed by atoms with van der Waals surface area (Å²) in [5, 5.41) is 9.87. The van der Waals surface area contributed by atoms with E-state index in [1.54, 1.807) is 18.2 Å². The number of hydrogen-bond acceptors (Lipinski definition) is 5. The number of hydrogen-bond donors (Lipinski definition) is 3. The largest absolute Gasteiger partial charge is 0.397 e. The Labute approximate surface area is 125 Å². The third-order valence-electron chi connectivity index (χ3n) is 3.64. The van der Waals surface area contributed by atoms with Gasteiger partial charge in [0.1, 0.15) is 0 Å². The number of benzene rings is 1. The van der Waals surface area contributed by atoms with Crippen molar-refractivity contribution in [3.05, 3.63) is 23.8 Å². The lowest BCUT2D eigenvalue weighted by Gasteiger charge is -2.38. The first-order valence-corrected chi connectivity index (χ1v) is 7.15. The summed E-state index contributed by atoms with van der Waals surface area (Å²) in [5.74, 6) is -0.447. The number of carbonyl (C=O) groups is 1. The molecule has 1 saturated heterocycles. The first-order chi connectivity index (χ1) is 9.76. The molecule has 0 unspecified atom stereocenters. The first-order valence-electron chi connectivity index (χ1n) is 7.15. The van der Waals surface area contributed by atoms with Gasteiger partial charge in [0.15, 0.2) is 0 Å². The molecular weight excluding hydrogens is 268 g/mol. The molecule has 0 atom stereocenters. The number of carbonyl (C=O) groups excluding carboxylic acids is 1. The van der Waals surface area contributed by atoms with Crippen LogP contribution in [0.25, 0.3) is 0 Å². The van der Waals surface area contributed by atoms with Crippen LogP contribution in [-0.2, 0) is 0 Å². The standard InChI is InChI=1S/C15H24N4O2/c1-15(2,21)10-18-5-7-19(8-6-18)13-9-11(14(17)20)3-4-12(13)16/h3-4,9,21H,5-8,10,16H2,1-2H3,(H2,17,20). The Morgan fingerprint density at radius 3 is 2.43 bits per heavy atom. The highest BCUT2D eigenvalue weighted by Crippen LogP contribution is 2.26. The van der Waals surface area contributed by atoms with E-state index in [1.165, 1.54) is 0 Å². The van der Waals surface area contributed by atoms with Gasteiger partial charge >= 0.3 is 0 Å². The van der Waals surface area contributed by atoms with E-state index in [-0.39, 0.29) is 0 Å². The van der Waals surface area contributed by atoms with Crippen molar-refractivity contribution >= 4 is 17.3 Å². The van der Waals surface area contributed by atoms with Crippen LogP contribution in [0.3, 0.4) is 0 Å². The van der Waals surface area contributed by atoms with Gasteiger partial charge in [-0.3, -0.25) is 9.69 Å². The molecule has 21 heavy (non-hydrogen) atoms. The van der Waals surface area contributed by atoms with Crippen molar-refractivity contribution in [1.29, 1.82) is 0 Å².